The Labute approximate surface area is 133 Å². The van der Waals surface area contributed by atoms with E-state index in [1.807, 2.05) is 13.8 Å². The number of rotatable bonds is 4. The lowest BCUT2D eigenvalue weighted by molar-refractivity contribution is 0.213. The van der Waals surface area contributed by atoms with Gasteiger partial charge in [0.25, 0.3) is 0 Å². The molecule has 120 valence electrons. The number of aromatic nitrogens is 3. The molecular formula is C13H21Cl2N3O3. The second-order valence-electron chi connectivity index (χ2n) is 6.79. The Hall–Kier alpha value is -1.01. The van der Waals surface area contributed by atoms with Crippen molar-refractivity contribution in [3.63, 3.8) is 0 Å². The summed E-state index contributed by atoms with van der Waals surface area (Å²) in [4.78, 5) is 35.5. The van der Waals surface area contributed by atoms with Gasteiger partial charge in [0, 0.05) is 30.1 Å². The smallest absolute Gasteiger partial charge is 0.246 e. The van der Waals surface area contributed by atoms with E-state index in [1.54, 1.807) is 0 Å². The first-order valence-corrected chi connectivity index (χ1v) is 7.44. The molecule has 0 spiro atoms. The van der Waals surface area contributed by atoms with E-state index < -0.39 is 17.1 Å². The maximum Gasteiger partial charge on any atom is 0.366 e. The van der Waals surface area contributed by atoms with E-state index >= 15 is 0 Å². The van der Waals surface area contributed by atoms with Crippen LogP contribution in [0.3, 0.4) is 0 Å². The van der Waals surface area contributed by atoms with Gasteiger partial charge in [-0.2, -0.15) is 0 Å². The summed E-state index contributed by atoms with van der Waals surface area (Å²) >= 11 is 11.2. The predicted octanol–water partition coefficient (Wildman–Crippen LogP) is 1.88. The number of halogens is 2. The third-order valence-electron chi connectivity index (χ3n) is 3.37. The van der Waals surface area contributed by atoms with Crippen molar-refractivity contribution in [3.05, 3.63) is 31.5 Å². The van der Waals surface area contributed by atoms with Crippen molar-refractivity contribution in [3.8, 4) is 0 Å². The molecule has 0 aromatic carbocycles. The zero-order valence-corrected chi connectivity index (χ0v) is 14.4. The van der Waals surface area contributed by atoms with Crippen LogP contribution in [0.4, 0.5) is 0 Å². The van der Waals surface area contributed by atoms with Crippen molar-refractivity contribution in [2.75, 3.05) is 0 Å². The minimum absolute atomic E-state index is 0.0495. The van der Waals surface area contributed by atoms with Crippen LogP contribution in [0.1, 0.15) is 41.0 Å². The summed E-state index contributed by atoms with van der Waals surface area (Å²) in [6, 6.07) is 0. The lowest BCUT2D eigenvalue weighted by Crippen LogP contribution is -2.51. The standard InChI is InChI=1S/C13H21Cl2N3O3/c1-8(2)9(6-13(3,4)5)7-16-10(19)17(14)12(21)18(15)11(16)20/h8-9H,6-7H2,1-5H3. The van der Waals surface area contributed by atoms with E-state index in [9.17, 15) is 14.4 Å². The van der Waals surface area contributed by atoms with Gasteiger partial charge in [-0.1, -0.05) is 34.6 Å². The van der Waals surface area contributed by atoms with Gasteiger partial charge in [-0.15, -0.1) is 8.17 Å². The highest BCUT2D eigenvalue weighted by Crippen LogP contribution is 2.29. The van der Waals surface area contributed by atoms with Gasteiger partial charge in [-0.3, -0.25) is 0 Å². The third kappa shape index (κ3) is 4.23. The summed E-state index contributed by atoms with van der Waals surface area (Å²) in [7, 11) is 0. The molecule has 1 heterocycles. The molecule has 21 heavy (non-hydrogen) atoms. The van der Waals surface area contributed by atoms with Crippen molar-refractivity contribution in [1.82, 2.24) is 12.7 Å². The molecule has 0 saturated carbocycles. The highest BCUT2D eigenvalue weighted by molar-refractivity contribution is 6.17. The third-order valence-corrected chi connectivity index (χ3v) is 3.95. The van der Waals surface area contributed by atoms with Crippen LogP contribution in [0.5, 0.6) is 0 Å². The van der Waals surface area contributed by atoms with Gasteiger partial charge >= 0.3 is 17.1 Å². The highest BCUT2D eigenvalue weighted by Gasteiger charge is 2.24. The van der Waals surface area contributed by atoms with Crippen LogP contribution in [-0.4, -0.2) is 12.7 Å². The van der Waals surface area contributed by atoms with Gasteiger partial charge < -0.3 is 0 Å². The van der Waals surface area contributed by atoms with Crippen LogP contribution >= 0.6 is 23.6 Å². The minimum atomic E-state index is -1.05. The fraction of sp³-hybridized carbons (Fsp3) is 0.769. The van der Waals surface area contributed by atoms with Crippen molar-refractivity contribution >= 4 is 23.6 Å². The molecule has 0 radical (unpaired) electrons. The molecule has 1 unspecified atom stereocenters. The SMILES string of the molecule is CC(C)C(Cn1c(=O)n(Cl)c(=O)n(Cl)c1=O)CC(C)(C)C. The summed E-state index contributed by atoms with van der Waals surface area (Å²) in [6.45, 7) is 10.5. The Bertz CT molecular complexity index is 640. The first-order chi connectivity index (χ1) is 9.45. The maximum absolute atomic E-state index is 12.0. The van der Waals surface area contributed by atoms with E-state index in [0.717, 1.165) is 11.0 Å². The normalized spacial score (nSPS) is 13.7. The second-order valence-corrected chi connectivity index (χ2v) is 7.47. The van der Waals surface area contributed by atoms with Gasteiger partial charge in [0.15, 0.2) is 0 Å². The number of hydrogen-bond acceptors (Lipinski definition) is 3. The van der Waals surface area contributed by atoms with Crippen molar-refractivity contribution < 1.29 is 0 Å². The largest absolute Gasteiger partial charge is 0.366 e. The molecule has 0 N–H and O–H groups in total. The summed E-state index contributed by atoms with van der Waals surface area (Å²) < 4.78 is 1.56. The van der Waals surface area contributed by atoms with Crippen LogP contribution < -0.4 is 17.1 Å². The van der Waals surface area contributed by atoms with E-state index in [0.29, 0.717) is 8.17 Å². The predicted molar refractivity (Wildman–Crippen MR) is 84.1 cm³/mol. The van der Waals surface area contributed by atoms with Crippen molar-refractivity contribution in [2.45, 2.75) is 47.6 Å². The molecule has 1 aromatic heterocycles. The maximum atomic E-state index is 12.0. The molecule has 0 bridgehead atoms. The van der Waals surface area contributed by atoms with Gasteiger partial charge in [-0.25, -0.2) is 19.0 Å². The molecular weight excluding hydrogens is 317 g/mol. The molecule has 0 fully saturated rings. The molecule has 8 heteroatoms. The van der Waals surface area contributed by atoms with Crippen molar-refractivity contribution in [2.24, 2.45) is 17.3 Å². The number of nitrogens with zero attached hydrogens (tertiary/aromatic N) is 3. The summed E-state index contributed by atoms with van der Waals surface area (Å²) in [5.74, 6) is 0.344. The Kier molecular flexibility index (Phi) is 5.50. The van der Waals surface area contributed by atoms with Crippen LogP contribution in [0.25, 0.3) is 0 Å². The van der Waals surface area contributed by atoms with Crippen LogP contribution in [0, 0.1) is 17.3 Å². The molecule has 1 aromatic rings. The fourth-order valence-corrected chi connectivity index (χ4v) is 2.60. The first kappa shape index (κ1) is 18.0. The van der Waals surface area contributed by atoms with Crippen molar-refractivity contribution in [1.29, 1.82) is 0 Å². The molecule has 0 amide bonds. The molecule has 0 aliphatic rings. The summed E-state index contributed by atoms with van der Waals surface area (Å²) in [5.41, 5.74) is -2.72. The van der Waals surface area contributed by atoms with Gasteiger partial charge in [0.2, 0.25) is 0 Å². The van der Waals surface area contributed by atoms with Crippen LogP contribution in [0.15, 0.2) is 14.4 Å². The highest BCUT2D eigenvalue weighted by atomic mass is 35.5. The lowest BCUT2D eigenvalue weighted by Gasteiger charge is -2.29. The Balaban J connectivity index is 3.32. The van der Waals surface area contributed by atoms with Crippen LogP contribution in [-0.2, 0) is 6.54 Å². The molecule has 1 atom stereocenters. The van der Waals surface area contributed by atoms with Gasteiger partial charge in [0.1, 0.15) is 0 Å². The number of hydrogen-bond donors (Lipinski definition) is 0. The Morgan fingerprint density at radius 2 is 1.38 bits per heavy atom. The minimum Gasteiger partial charge on any atom is -0.246 e. The molecule has 6 nitrogen and oxygen atoms in total. The van der Waals surface area contributed by atoms with Gasteiger partial charge in [0.05, 0.1) is 0 Å². The van der Waals surface area contributed by atoms with E-state index in [2.05, 4.69) is 20.8 Å². The average molecular weight is 338 g/mol. The Morgan fingerprint density at radius 3 is 1.71 bits per heavy atom. The molecule has 1 rings (SSSR count). The molecule has 0 aliphatic carbocycles. The second kappa shape index (κ2) is 6.40. The molecule has 0 saturated heterocycles. The monoisotopic (exact) mass is 337 g/mol. The van der Waals surface area contributed by atoms with E-state index in [4.69, 9.17) is 23.6 Å². The van der Waals surface area contributed by atoms with Gasteiger partial charge in [-0.05, 0) is 23.7 Å². The topological polar surface area (TPSA) is 66.0 Å². The zero-order valence-electron chi connectivity index (χ0n) is 12.9. The average Bonchev–Trinajstić information content (AvgIpc) is 2.36. The zero-order chi connectivity index (χ0) is 16.5. The first-order valence-electron chi connectivity index (χ1n) is 6.77. The quantitative estimate of drug-likeness (QED) is 0.842. The summed E-state index contributed by atoms with van der Waals surface area (Å²) in [5, 5.41) is 0. The summed E-state index contributed by atoms with van der Waals surface area (Å²) in [6.07, 6.45) is 0.820. The van der Waals surface area contributed by atoms with Crippen LogP contribution in [0.2, 0.25) is 0 Å². The molecule has 0 aliphatic heterocycles. The van der Waals surface area contributed by atoms with E-state index in [-0.39, 0.29) is 23.8 Å². The lowest BCUT2D eigenvalue weighted by atomic mass is 9.79. The fourth-order valence-electron chi connectivity index (χ4n) is 2.22. The van der Waals surface area contributed by atoms with E-state index in [1.165, 1.54) is 0 Å². The Morgan fingerprint density at radius 1 is 0.952 bits per heavy atom.